The first-order valence-electron chi connectivity index (χ1n) is 8.28. The maximum atomic E-state index is 12.2. The first-order chi connectivity index (χ1) is 11.0. The number of carbonyl (C=O) groups is 2. The normalized spacial score (nSPS) is 17.9. The molecule has 0 spiro atoms. The molecule has 0 bridgehead atoms. The molecular formula is C18H26N2O3. The summed E-state index contributed by atoms with van der Waals surface area (Å²) in [6, 6.07) is 8.39. The van der Waals surface area contributed by atoms with E-state index in [0.717, 1.165) is 25.9 Å². The second-order valence-corrected chi connectivity index (χ2v) is 6.53. The zero-order valence-electron chi connectivity index (χ0n) is 13.9. The van der Waals surface area contributed by atoms with Crippen LogP contribution in [0.1, 0.15) is 44.7 Å². The van der Waals surface area contributed by atoms with Gasteiger partial charge in [0.05, 0.1) is 0 Å². The average Bonchev–Trinajstić information content (AvgIpc) is 2.53. The number of amides is 1. The SMILES string of the molecule is CC(C)N1CCC(CC(=O)NC(C(=O)O)c2ccccc2)CC1. The van der Waals surface area contributed by atoms with Crippen LogP contribution in [-0.4, -0.2) is 41.0 Å². The Bertz CT molecular complexity index is 522. The van der Waals surface area contributed by atoms with E-state index in [1.165, 1.54) is 0 Å². The predicted molar refractivity (Wildman–Crippen MR) is 89.0 cm³/mol. The van der Waals surface area contributed by atoms with E-state index in [-0.39, 0.29) is 5.91 Å². The van der Waals surface area contributed by atoms with Crippen LogP contribution in [0.15, 0.2) is 30.3 Å². The molecule has 23 heavy (non-hydrogen) atoms. The van der Waals surface area contributed by atoms with E-state index < -0.39 is 12.0 Å². The highest BCUT2D eigenvalue weighted by Gasteiger charge is 2.26. The van der Waals surface area contributed by atoms with Gasteiger partial charge in [-0.25, -0.2) is 4.79 Å². The van der Waals surface area contributed by atoms with Crippen molar-refractivity contribution in [1.82, 2.24) is 10.2 Å². The van der Waals surface area contributed by atoms with Gasteiger partial charge in [-0.3, -0.25) is 4.79 Å². The van der Waals surface area contributed by atoms with Crippen molar-refractivity contribution in [2.45, 2.75) is 45.2 Å². The lowest BCUT2D eigenvalue weighted by molar-refractivity contribution is -0.142. The Hall–Kier alpha value is -1.88. The molecule has 1 unspecified atom stereocenters. The van der Waals surface area contributed by atoms with Crippen molar-refractivity contribution in [2.24, 2.45) is 5.92 Å². The Morgan fingerprint density at radius 2 is 1.83 bits per heavy atom. The van der Waals surface area contributed by atoms with Crippen LogP contribution < -0.4 is 5.32 Å². The number of benzene rings is 1. The number of rotatable bonds is 6. The zero-order valence-corrected chi connectivity index (χ0v) is 13.9. The van der Waals surface area contributed by atoms with Crippen molar-refractivity contribution >= 4 is 11.9 Å². The van der Waals surface area contributed by atoms with E-state index in [1.54, 1.807) is 24.3 Å². The summed E-state index contributed by atoms with van der Waals surface area (Å²) in [5.41, 5.74) is 0.600. The highest BCUT2D eigenvalue weighted by molar-refractivity contribution is 5.84. The lowest BCUT2D eigenvalue weighted by atomic mass is 9.92. The number of nitrogens with zero attached hydrogens (tertiary/aromatic N) is 1. The van der Waals surface area contributed by atoms with Gasteiger partial charge >= 0.3 is 5.97 Å². The van der Waals surface area contributed by atoms with Gasteiger partial charge < -0.3 is 15.3 Å². The molecule has 5 nitrogen and oxygen atoms in total. The topological polar surface area (TPSA) is 69.6 Å². The largest absolute Gasteiger partial charge is 0.479 e. The summed E-state index contributed by atoms with van der Waals surface area (Å²) in [7, 11) is 0. The predicted octanol–water partition coefficient (Wildman–Crippen LogP) is 2.44. The molecule has 1 fully saturated rings. The number of likely N-dealkylation sites (tertiary alicyclic amines) is 1. The van der Waals surface area contributed by atoms with Crippen molar-refractivity contribution in [3.8, 4) is 0 Å². The number of nitrogens with one attached hydrogen (secondary N) is 1. The third-order valence-corrected chi connectivity index (χ3v) is 4.54. The van der Waals surface area contributed by atoms with Gasteiger partial charge in [-0.1, -0.05) is 30.3 Å². The maximum absolute atomic E-state index is 12.2. The number of aliphatic carboxylic acids is 1. The highest BCUT2D eigenvalue weighted by Crippen LogP contribution is 2.22. The van der Waals surface area contributed by atoms with E-state index in [4.69, 9.17) is 0 Å². The summed E-state index contributed by atoms with van der Waals surface area (Å²) in [4.78, 5) is 26.1. The molecule has 1 amide bonds. The first kappa shape index (κ1) is 17.5. The number of carboxylic acids is 1. The summed E-state index contributed by atoms with van der Waals surface area (Å²) in [5, 5.41) is 12.0. The second-order valence-electron chi connectivity index (χ2n) is 6.53. The molecule has 126 valence electrons. The number of piperidine rings is 1. The number of hydrogen-bond donors (Lipinski definition) is 2. The smallest absolute Gasteiger partial charge is 0.330 e. The molecule has 1 aromatic rings. The van der Waals surface area contributed by atoms with E-state index in [0.29, 0.717) is 23.9 Å². The number of hydrogen-bond acceptors (Lipinski definition) is 3. The molecule has 0 aromatic heterocycles. The van der Waals surface area contributed by atoms with Crippen LogP contribution in [0, 0.1) is 5.92 Å². The van der Waals surface area contributed by atoms with Gasteiger partial charge in [-0.15, -0.1) is 0 Å². The molecule has 0 saturated carbocycles. The van der Waals surface area contributed by atoms with Crippen molar-refractivity contribution in [3.05, 3.63) is 35.9 Å². The molecule has 0 aliphatic carbocycles. The van der Waals surface area contributed by atoms with Crippen LogP contribution in [-0.2, 0) is 9.59 Å². The van der Waals surface area contributed by atoms with Crippen molar-refractivity contribution in [2.75, 3.05) is 13.1 Å². The van der Waals surface area contributed by atoms with Gasteiger partial charge in [0.25, 0.3) is 0 Å². The third-order valence-electron chi connectivity index (χ3n) is 4.54. The summed E-state index contributed by atoms with van der Waals surface area (Å²) in [5.74, 6) is -0.862. The number of carboxylic acid groups (broad SMARTS) is 1. The highest BCUT2D eigenvalue weighted by atomic mass is 16.4. The van der Waals surface area contributed by atoms with Crippen LogP contribution in [0.25, 0.3) is 0 Å². The fraction of sp³-hybridized carbons (Fsp3) is 0.556. The Labute approximate surface area is 137 Å². The van der Waals surface area contributed by atoms with Crippen LogP contribution in [0.4, 0.5) is 0 Å². The molecular weight excluding hydrogens is 292 g/mol. The molecule has 1 aliphatic rings. The van der Waals surface area contributed by atoms with Gasteiger partial charge in [-0.2, -0.15) is 0 Å². The summed E-state index contributed by atoms with van der Waals surface area (Å²) in [6.07, 6.45) is 2.39. The molecule has 1 aliphatic heterocycles. The molecule has 1 saturated heterocycles. The molecule has 1 atom stereocenters. The summed E-state index contributed by atoms with van der Waals surface area (Å²) in [6.45, 7) is 6.39. The average molecular weight is 318 g/mol. The molecule has 1 heterocycles. The second kappa shape index (κ2) is 8.11. The first-order valence-corrected chi connectivity index (χ1v) is 8.28. The fourth-order valence-corrected chi connectivity index (χ4v) is 3.09. The molecule has 1 aromatic carbocycles. The standard InChI is InChI=1S/C18H26N2O3/c1-13(2)20-10-8-14(9-11-20)12-16(21)19-17(18(22)23)15-6-4-3-5-7-15/h3-7,13-14,17H,8-12H2,1-2H3,(H,19,21)(H,22,23). The van der Waals surface area contributed by atoms with Crippen LogP contribution in [0.3, 0.4) is 0 Å². The van der Waals surface area contributed by atoms with Crippen LogP contribution in [0.5, 0.6) is 0 Å². The minimum Gasteiger partial charge on any atom is -0.479 e. The van der Waals surface area contributed by atoms with Crippen LogP contribution in [0.2, 0.25) is 0 Å². The van der Waals surface area contributed by atoms with Gasteiger partial charge in [0.1, 0.15) is 0 Å². The van der Waals surface area contributed by atoms with E-state index in [9.17, 15) is 14.7 Å². The molecule has 5 heteroatoms. The molecule has 2 N–H and O–H groups in total. The minimum atomic E-state index is -1.03. The maximum Gasteiger partial charge on any atom is 0.330 e. The minimum absolute atomic E-state index is 0.177. The summed E-state index contributed by atoms with van der Waals surface area (Å²) >= 11 is 0. The zero-order chi connectivity index (χ0) is 16.8. The van der Waals surface area contributed by atoms with E-state index >= 15 is 0 Å². The third kappa shape index (κ3) is 5.06. The lowest BCUT2D eigenvalue weighted by Gasteiger charge is -2.34. The van der Waals surface area contributed by atoms with Gasteiger partial charge in [0, 0.05) is 12.5 Å². The lowest BCUT2D eigenvalue weighted by Crippen LogP contribution is -2.40. The Kier molecular flexibility index (Phi) is 6.16. The Morgan fingerprint density at radius 1 is 1.22 bits per heavy atom. The quantitative estimate of drug-likeness (QED) is 0.845. The van der Waals surface area contributed by atoms with E-state index in [2.05, 4.69) is 24.1 Å². The molecule has 2 rings (SSSR count). The number of carbonyl (C=O) groups excluding carboxylic acids is 1. The van der Waals surface area contributed by atoms with Gasteiger partial charge in [0.15, 0.2) is 6.04 Å². The van der Waals surface area contributed by atoms with Crippen LogP contribution >= 0.6 is 0 Å². The van der Waals surface area contributed by atoms with Gasteiger partial charge in [-0.05, 0) is 51.3 Å². The van der Waals surface area contributed by atoms with E-state index in [1.807, 2.05) is 6.07 Å². The van der Waals surface area contributed by atoms with Crippen molar-refractivity contribution in [3.63, 3.8) is 0 Å². The monoisotopic (exact) mass is 318 g/mol. The van der Waals surface area contributed by atoms with Gasteiger partial charge in [0.2, 0.25) is 5.91 Å². The Balaban J connectivity index is 1.87. The van der Waals surface area contributed by atoms with Crippen molar-refractivity contribution < 1.29 is 14.7 Å². The van der Waals surface area contributed by atoms with Crippen molar-refractivity contribution in [1.29, 1.82) is 0 Å². The fourth-order valence-electron chi connectivity index (χ4n) is 3.09. The summed E-state index contributed by atoms with van der Waals surface area (Å²) < 4.78 is 0. The molecule has 0 radical (unpaired) electrons. The Morgan fingerprint density at radius 3 is 2.35 bits per heavy atom.